The molecule has 9 nitrogen and oxygen atoms in total. The minimum Gasteiger partial charge on any atom is -0.339 e. The fourth-order valence-electron chi connectivity index (χ4n) is 3.63. The lowest BCUT2D eigenvalue weighted by Gasteiger charge is -2.34. The highest BCUT2D eigenvalue weighted by Crippen LogP contribution is 2.18. The van der Waals surface area contributed by atoms with Gasteiger partial charge in [0, 0.05) is 56.7 Å². The van der Waals surface area contributed by atoms with Crippen LogP contribution in [-0.2, 0) is 16.0 Å². The van der Waals surface area contributed by atoms with E-state index >= 15 is 0 Å². The largest absolute Gasteiger partial charge is 0.339 e. The zero-order valence-corrected chi connectivity index (χ0v) is 17.7. The fraction of sp³-hybridized carbons (Fsp3) is 0.261. The zero-order chi connectivity index (χ0) is 22.5. The second-order valence-corrected chi connectivity index (χ2v) is 7.63. The Labute approximate surface area is 185 Å². The molecule has 1 aliphatic heterocycles. The highest BCUT2D eigenvalue weighted by molar-refractivity contribution is 5.93. The predicted octanol–water partition coefficient (Wildman–Crippen LogP) is 1.96. The summed E-state index contributed by atoms with van der Waals surface area (Å²) < 4.78 is 0. The smallest absolute Gasteiger partial charge is 0.272 e. The van der Waals surface area contributed by atoms with Crippen molar-refractivity contribution < 1.29 is 14.4 Å². The normalized spacial score (nSPS) is 13.7. The van der Waals surface area contributed by atoms with Crippen LogP contribution < -0.4 is 5.32 Å². The molecule has 0 saturated carbocycles. The highest BCUT2D eigenvalue weighted by Gasteiger charge is 2.26. The van der Waals surface area contributed by atoms with Gasteiger partial charge in [0.1, 0.15) is 5.69 Å². The molecule has 2 aromatic heterocycles. The number of carbonyl (C=O) groups excluding carboxylic acids is 3. The number of nitrogens with one attached hydrogen (secondary N) is 2. The Bertz CT molecular complexity index is 1100. The molecular formula is C23H24N6O3. The van der Waals surface area contributed by atoms with Crippen LogP contribution in [0.25, 0.3) is 11.3 Å². The predicted molar refractivity (Wildman–Crippen MR) is 119 cm³/mol. The van der Waals surface area contributed by atoms with E-state index in [1.807, 2.05) is 24.3 Å². The molecule has 0 bridgehead atoms. The number of benzene rings is 1. The molecule has 0 spiro atoms. The molecule has 32 heavy (non-hydrogen) atoms. The van der Waals surface area contributed by atoms with Crippen molar-refractivity contribution in [2.24, 2.45) is 0 Å². The lowest BCUT2D eigenvalue weighted by atomic mass is 10.1. The molecule has 164 valence electrons. The highest BCUT2D eigenvalue weighted by atomic mass is 16.2. The summed E-state index contributed by atoms with van der Waals surface area (Å²) in [5, 5.41) is 9.75. The molecule has 2 N–H and O–H groups in total. The third-order valence-corrected chi connectivity index (χ3v) is 5.33. The third-order valence-electron chi connectivity index (χ3n) is 5.33. The van der Waals surface area contributed by atoms with Crippen LogP contribution in [0.3, 0.4) is 0 Å². The van der Waals surface area contributed by atoms with E-state index in [0.29, 0.717) is 43.3 Å². The Hall–Kier alpha value is -4.01. The Kier molecular flexibility index (Phi) is 6.25. The van der Waals surface area contributed by atoms with Gasteiger partial charge in [0.15, 0.2) is 0 Å². The number of nitrogens with zero attached hydrogens (tertiary/aromatic N) is 4. The van der Waals surface area contributed by atoms with Gasteiger partial charge in [0.05, 0.1) is 12.1 Å². The molecule has 3 heterocycles. The Morgan fingerprint density at radius 1 is 0.969 bits per heavy atom. The van der Waals surface area contributed by atoms with Crippen LogP contribution in [0.5, 0.6) is 0 Å². The quantitative estimate of drug-likeness (QED) is 0.640. The number of rotatable bonds is 5. The first-order valence-corrected chi connectivity index (χ1v) is 10.4. The summed E-state index contributed by atoms with van der Waals surface area (Å²) in [4.78, 5) is 44.1. The van der Waals surface area contributed by atoms with Gasteiger partial charge in [-0.15, -0.1) is 0 Å². The third kappa shape index (κ3) is 5.00. The van der Waals surface area contributed by atoms with E-state index in [-0.39, 0.29) is 24.1 Å². The van der Waals surface area contributed by atoms with Gasteiger partial charge in [0.25, 0.3) is 5.91 Å². The number of anilines is 1. The molecule has 1 saturated heterocycles. The number of hydrogen-bond acceptors (Lipinski definition) is 5. The summed E-state index contributed by atoms with van der Waals surface area (Å²) in [6.45, 7) is 3.36. The average molecular weight is 432 g/mol. The summed E-state index contributed by atoms with van der Waals surface area (Å²) in [7, 11) is 0. The number of H-pyrrole nitrogens is 1. The molecule has 1 fully saturated rings. The molecule has 3 amide bonds. The SMILES string of the molecule is CC(=O)Nc1ccc(CC(=O)N2CCN(C(=O)c3cc(-c4ccncc4)n[nH]3)CC2)cc1. The van der Waals surface area contributed by atoms with Crippen LogP contribution in [-0.4, -0.2) is 68.9 Å². The van der Waals surface area contributed by atoms with Crippen LogP contribution in [0.15, 0.2) is 54.9 Å². The van der Waals surface area contributed by atoms with Gasteiger partial charge in [0.2, 0.25) is 11.8 Å². The Balaban J connectivity index is 1.30. The Morgan fingerprint density at radius 3 is 2.28 bits per heavy atom. The monoisotopic (exact) mass is 432 g/mol. The van der Waals surface area contributed by atoms with E-state index in [0.717, 1.165) is 11.1 Å². The zero-order valence-electron chi connectivity index (χ0n) is 17.7. The molecule has 0 atom stereocenters. The Morgan fingerprint density at radius 2 is 1.62 bits per heavy atom. The van der Waals surface area contributed by atoms with Crippen LogP contribution in [0.2, 0.25) is 0 Å². The van der Waals surface area contributed by atoms with E-state index in [2.05, 4.69) is 20.5 Å². The van der Waals surface area contributed by atoms with Crippen LogP contribution in [0.1, 0.15) is 23.0 Å². The summed E-state index contributed by atoms with van der Waals surface area (Å²) in [6.07, 6.45) is 3.64. The van der Waals surface area contributed by atoms with E-state index in [4.69, 9.17) is 0 Å². The molecule has 4 rings (SSSR count). The summed E-state index contributed by atoms with van der Waals surface area (Å²) in [5.41, 5.74) is 3.58. The van der Waals surface area contributed by atoms with Crippen molar-refractivity contribution in [2.45, 2.75) is 13.3 Å². The minimum atomic E-state index is -0.134. The summed E-state index contributed by atoms with van der Waals surface area (Å²) in [6, 6.07) is 12.6. The lowest BCUT2D eigenvalue weighted by Crippen LogP contribution is -2.51. The van der Waals surface area contributed by atoms with Crippen molar-refractivity contribution in [1.29, 1.82) is 0 Å². The molecule has 1 aromatic carbocycles. The van der Waals surface area contributed by atoms with Crippen molar-refractivity contribution in [3.05, 3.63) is 66.1 Å². The molecule has 1 aliphatic rings. The standard InChI is InChI=1S/C23H24N6O3/c1-16(30)25-19-4-2-17(3-5-19)14-22(31)28-10-12-29(13-11-28)23(32)21-15-20(26-27-21)18-6-8-24-9-7-18/h2-9,15H,10-14H2,1H3,(H,25,30)(H,26,27). The first-order valence-electron chi connectivity index (χ1n) is 10.4. The number of aromatic amines is 1. The van der Waals surface area contributed by atoms with Crippen molar-refractivity contribution in [1.82, 2.24) is 25.0 Å². The topological polar surface area (TPSA) is 111 Å². The number of hydrogen-bond donors (Lipinski definition) is 2. The maximum absolute atomic E-state index is 12.8. The molecule has 3 aromatic rings. The van der Waals surface area contributed by atoms with Crippen LogP contribution >= 0.6 is 0 Å². The van der Waals surface area contributed by atoms with Gasteiger partial charge < -0.3 is 15.1 Å². The molecule has 9 heteroatoms. The van der Waals surface area contributed by atoms with Crippen molar-refractivity contribution >= 4 is 23.4 Å². The second kappa shape index (κ2) is 9.42. The first kappa shape index (κ1) is 21.2. The maximum atomic E-state index is 12.8. The molecular weight excluding hydrogens is 408 g/mol. The maximum Gasteiger partial charge on any atom is 0.272 e. The van der Waals surface area contributed by atoms with Gasteiger partial charge in [-0.05, 0) is 35.9 Å². The van der Waals surface area contributed by atoms with Gasteiger partial charge >= 0.3 is 0 Å². The van der Waals surface area contributed by atoms with Gasteiger partial charge in [-0.1, -0.05) is 12.1 Å². The summed E-state index contributed by atoms with van der Waals surface area (Å²) >= 11 is 0. The summed E-state index contributed by atoms with van der Waals surface area (Å²) in [5.74, 6) is -0.241. The number of aromatic nitrogens is 3. The fourth-order valence-corrected chi connectivity index (χ4v) is 3.63. The number of piperazine rings is 1. The van der Waals surface area contributed by atoms with Crippen molar-refractivity contribution in [3.8, 4) is 11.3 Å². The van der Waals surface area contributed by atoms with Crippen molar-refractivity contribution in [2.75, 3.05) is 31.5 Å². The van der Waals surface area contributed by atoms with Gasteiger partial charge in [-0.2, -0.15) is 5.10 Å². The number of pyridine rings is 1. The van der Waals surface area contributed by atoms with Crippen molar-refractivity contribution in [3.63, 3.8) is 0 Å². The van der Waals surface area contributed by atoms with E-state index in [1.165, 1.54) is 6.92 Å². The van der Waals surface area contributed by atoms with Gasteiger partial charge in [-0.3, -0.25) is 24.5 Å². The van der Waals surface area contributed by atoms with Crippen LogP contribution in [0.4, 0.5) is 5.69 Å². The van der Waals surface area contributed by atoms with E-state index < -0.39 is 0 Å². The second-order valence-electron chi connectivity index (χ2n) is 7.63. The minimum absolute atomic E-state index is 0.0193. The van der Waals surface area contributed by atoms with E-state index in [9.17, 15) is 14.4 Å². The average Bonchev–Trinajstić information content (AvgIpc) is 3.31. The molecule has 0 unspecified atom stereocenters. The number of amides is 3. The first-order chi connectivity index (χ1) is 15.5. The van der Waals surface area contributed by atoms with E-state index in [1.54, 1.807) is 40.4 Å². The lowest BCUT2D eigenvalue weighted by molar-refractivity contribution is -0.131. The van der Waals surface area contributed by atoms with Gasteiger partial charge in [-0.25, -0.2) is 0 Å². The number of carbonyl (C=O) groups is 3. The molecule has 0 aliphatic carbocycles. The molecule has 0 radical (unpaired) electrons. The van der Waals surface area contributed by atoms with Crippen LogP contribution in [0, 0.1) is 0 Å².